The van der Waals surface area contributed by atoms with Gasteiger partial charge in [-0.15, -0.1) is 6.42 Å². The number of urea groups is 1. The molecule has 5 aliphatic rings. The zero-order chi connectivity index (χ0) is 31.5. The fraction of sp³-hybridized carbons (Fsp3) is 0.576. The van der Waals surface area contributed by atoms with Gasteiger partial charge in [0.1, 0.15) is 11.4 Å². The van der Waals surface area contributed by atoms with Crippen molar-refractivity contribution in [2.24, 2.45) is 22.4 Å². The first-order valence-corrected chi connectivity index (χ1v) is 15.2. The van der Waals surface area contributed by atoms with Gasteiger partial charge in [0.05, 0.1) is 5.71 Å². The van der Waals surface area contributed by atoms with Gasteiger partial charge >= 0.3 is 18.1 Å². The van der Waals surface area contributed by atoms with Gasteiger partial charge in [0.15, 0.2) is 6.61 Å². The van der Waals surface area contributed by atoms with E-state index < -0.39 is 29.7 Å². The van der Waals surface area contributed by atoms with E-state index in [4.69, 9.17) is 11.2 Å². The van der Waals surface area contributed by atoms with Crippen molar-refractivity contribution < 1.29 is 36.6 Å². The zero-order valence-electron chi connectivity index (χ0n) is 24.4. The van der Waals surface area contributed by atoms with Crippen molar-refractivity contribution in [2.75, 3.05) is 6.61 Å². The van der Waals surface area contributed by atoms with Gasteiger partial charge < -0.3 is 15.2 Å². The van der Waals surface area contributed by atoms with Crippen molar-refractivity contribution in [3.8, 4) is 18.1 Å². The van der Waals surface area contributed by atoms with E-state index in [9.17, 15) is 23.1 Å². The summed E-state index contributed by atoms with van der Waals surface area (Å²) in [5.74, 6) is -2.76. The molecule has 44 heavy (non-hydrogen) atoms. The van der Waals surface area contributed by atoms with E-state index in [1.165, 1.54) is 12.1 Å². The van der Waals surface area contributed by atoms with Crippen LogP contribution in [0.4, 0.5) is 26.7 Å². The molecule has 236 valence electrons. The van der Waals surface area contributed by atoms with E-state index in [0.717, 1.165) is 40.8 Å². The number of carbonyl (C=O) groups is 1. The molecule has 3 fully saturated rings. The number of nitrogens with zero attached hydrogens (tertiary/aromatic N) is 1. The molecule has 6 rings (SSSR count). The van der Waals surface area contributed by atoms with Crippen molar-refractivity contribution >= 4 is 11.7 Å². The molecule has 0 spiro atoms. The number of terminal acetylenes is 1. The minimum atomic E-state index is -4.48. The lowest BCUT2D eigenvalue weighted by Crippen LogP contribution is -2.60. The van der Waals surface area contributed by atoms with Gasteiger partial charge in [-0.3, -0.25) is 0 Å². The Bertz CT molecular complexity index is 1460. The molecular weight excluding hydrogens is 581 g/mol. The molecule has 3 saturated carbocycles. The lowest BCUT2D eigenvalue weighted by Gasteiger charge is -2.55. The summed E-state index contributed by atoms with van der Waals surface area (Å²) < 4.78 is 73.7. The van der Waals surface area contributed by atoms with E-state index in [-0.39, 0.29) is 48.4 Å². The topological polar surface area (TPSA) is 83.0 Å². The highest BCUT2D eigenvalue weighted by Crippen LogP contribution is 2.69. The van der Waals surface area contributed by atoms with Crippen LogP contribution in [0.5, 0.6) is 5.75 Å². The van der Waals surface area contributed by atoms with E-state index in [1.54, 1.807) is 25.0 Å². The normalized spacial score (nSPS) is 32.6. The van der Waals surface area contributed by atoms with Crippen molar-refractivity contribution in [1.29, 1.82) is 0 Å². The van der Waals surface area contributed by atoms with E-state index in [0.29, 0.717) is 32.1 Å². The summed E-state index contributed by atoms with van der Waals surface area (Å²) in [5.41, 5.74) is 3.87. The van der Waals surface area contributed by atoms with E-state index in [1.807, 2.05) is 6.08 Å². The van der Waals surface area contributed by atoms with Gasteiger partial charge in [-0.05, 0) is 110 Å². The number of alkyl halides is 5. The highest BCUT2D eigenvalue weighted by atomic mass is 19.4. The number of carbonyl (C=O) groups excluding carboxylic acids is 1. The quantitative estimate of drug-likeness (QED) is 0.187. The average molecular weight is 618 g/mol. The summed E-state index contributed by atoms with van der Waals surface area (Å²) in [7, 11) is 0. The molecule has 11 heteroatoms. The zero-order valence-corrected chi connectivity index (χ0v) is 24.4. The van der Waals surface area contributed by atoms with Crippen LogP contribution >= 0.6 is 0 Å². The van der Waals surface area contributed by atoms with Crippen molar-refractivity contribution in [3.63, 3.8) is 0 Å². The molecule has 0 unspecified atom stereocenters. The molecule has 2 amide bonds. The number of nitrogens with one attached hydrogen (secondary N) is 2. The number of halogens is 5. The van der Waals surface area contributed by atoms with Crippen LogP contribution < -0.4 is 15.5 Å². The third-order valence-corrected chi connectivity index (χ3v) is 10.5. The predicted octanol–water partition coefficient (Wildman–Crippen LogP) is 6.78. The van der Waals surface area contributed by atoms with Crippen LogP contribution in [-0.4, -0.2) is 47.2 Å². The van der Waals surface area contributed by atoms with Gasteiger partial charge in [-0.25, -0.2) is 10.2 Å². The second-order valence-electron chi connectivity index (χ2n) is 13.1. The highest BCUT2D eigenvalue weighted by molar-refractivity contribution is 5.98. The molecule has 0 heterocycles. The van der Waals surface area contributed by atoms with Crippen LogP contribution in [0, 0.1) is 29.6 Å². The maximum atomic E-state index is 15.3. The Morgan fingerprint density at radius 1 is 1.11 bits per heavy atom. The smallest absolute Gasteiger partial charge is 0.422 e. The second kappa shape index (κ2) is 10.9. The molecule has 1 aromatic rings. The maximum Gasteiger partial charge on any atom is 0.422 e. The lowest BCUT2D eigenvalue weighted by molar-refractivity contribution is -0.209. The number of aliphatic hydroxyl groups is 1. The van der Waals surface area contributed by atoms with Gasteiger partial charge in [0.25, 0.3) is 0 Å². The largest absolute Gasteiger partial charge is 0.484 e. The molecule has 0 aromatic heterocycles. The maximum absolute atomic E-state index is 15.3. The number of hydrazone groups is 1. The summed E-state index contributed by atoms with van der Waals surface area (Å²) in [6.45, 7) is 0.302. The lowest BCUT2D eigenvalue weighted by atomic mass is 9.50. The predicted molar refractivity (Wildman–Crippen MR) is 154 cm³/mol. The summed E-state index contributed by atoms with van der Waals surface area (Å²) in [6, 6.07) is 6.19. The molecule has 0 saturated heterocycles. The molecule has 0 radical (unpaired) electrons. The first-order valence-electron chi connectivity index (χ1n) is 15.2. The minimum Gasteiger partial charge on any atom is -0.484 e. The average Bonchev–Trinajstić information content (AvgIpc) is 3.76. The van der Waals surface area contributed by atoms with Gasteiger partial charge in [-0.1, -0.05) is 24.6 Å². The van der Waals surface area contributed by atoms with Crippen LogP contribution in [0.1, 0.15) is 76.2 Å². The van der Waals surface area contributed by atoms with Crippen molar-refractivity contribution in [1.82, 2.24) is 10.7 Å². The summed E-state index contributed by atoms with van der Waals surface area (Å²) in [6.07, 6.45) is 7.84. The Morgan fingerprint density at radius 2 is 1.84 bits per heavy atom. The number of ether oxygens (including phenoxy) is 1. The van der Waals surface area contributed by atoms with Gasteiger partial charge in [-0.2, -0.15) is 27.1 Å². The van der Waals surface area contributed by atoms with Crippen LogP contribution in [0.15, 0.2) is 52.2 Å². The van der Waals surface area contributed by atoms with Crippen molar-refractivity contribution in [2.45, 2.75) is 94.4 Å². The van der Waals surface area contributed by atoms with Crippen LogP contribution in [0.3, 0.4) is 0 Å². The summed E-state index contributed by atoms with van der Waals surface area (Å²) in [5, 5.41) is 18.8. The first kappa shape index (κ1) is 30.6. The Balaban J connectivity index is 1.37. The molecular formula is C33H36F5N3O3. The van der Waals surface area contributed by atoms with Gasteiger partial charge in [0, 0.05) is 17.4 Å². The molecule has 5 aliphatic carbocycles. The SMILES string of the molecule is C#CC(F)(F)[C@]1(O)CC[C@H]2[C@@H]3CCC4=C/C(=N/NC(=O)NC5CC5)CCC4=C3[C@H](c3ccc(OCC(F)(F)F)cc3)C[C@@]21C. The first-order chi connectivity index (χ1) is 20.7. The molecule has 3 N–H and O–H groups in total. The number of amides is 2. The molecule has 0 bridgehead atoms. The Kier molecular flexibility index (Phi) is 7.59. The summed E-state index contributed by atoms with van der Waals surface area (Å²) >= 11 is 0. The van der Waals surface area contributed by atoms with Crippen LogP contribution in [0.25, 0.3) is 0 Å². The third kappa shape index (κ3) is 5.40. The van der Waals surface area contributed by atoms with Gasteiger partial charge in [0.2, 0.25) is 0 Å². The number of hydrogen-bond donors (Lipinski definition) is 3. The number of hydrogen-bond acceptors (Lipinski definition) is 4. The monoisotopic (exact) mass is 617 g/mol. The highest BCUT2D eigenvalue weighted by Gasteiger charge is 2.71. The number of fused-ring (bicyclic) bond motifs is 4. The number of allylic oxidation sites excluding steroid dienone is 4. The Labute approximate surface area is 253 Å². The minimum absolute atomic E-state index is 0.0531. The van der Waals surface area contributed by atoms with Crippen molar-refractivity contribution in [3.05, 3.63) is 52.6 Å². The second-order valence-corrected chi connectivity index (χ2v) is 13.1. The van der Waals surface area contributed by atoms with Crippen LogP contribution in [0.2, 0.25) is 0 Å². The van der Waals surface area contributed by atoms with E-state index >= 15 is 8.78 Å². The third-order valence-electron chi connectivity index (χ3n) is 10.5. The fourth-order valence-corrected chi connectivity index (χ4v) is 8.23. The Morgan fingerprint density at radius 3 is 2.50 bits per heavy atom. The molecule has 0 aliphatic heterocycles. The molecule has 1 aromatic carbocycles. The Hall–Kier alpha value is -3.39. The number of rotatable bonds is 6. The molecule has 6 nitrogen and oxygen atoms in total. The number of benzene rings is 1. The van der Waals surface area contributed by atoms with E-state index in [2.05, 4.69) is 15.8 Å². The standard InChI is InChI=1S/C33H36F5N3O3/c1-3-32(34,35)31(43)15-14-27-25-12-6-20-16-22(40-41-29(42)39-21-7-8-21)9-13-24(20)28(25)26(17-30(27,31)2)19-4-10-23(11-5-19)44-18-33(36,37)38/h1,4-5,10-11,16,21,25-27,43H,6-9,12-15,17-18H2,2H3,(H2,39,41,42)/b40-22+/t25-,26-,27-,30-,31-/m0/s1. The van der Waals surface area contributed by atoms with Crippen LogP contribution in [-0.2, 0) is 0 Å². The fourth-order valence-electron chi connectivity index (χ4n) is 8.23. The molecule has 5 atom stereocenters. The summed E-state index contributed by atoms with van der Waals surface area (Å²) in [4.78, 5) is 12.1.